The Morgan fingerprint density at radius 2 is 1.76 bits per heavy atom. The number of carbonyl (C=O) groups excluding carboxylic acids is 3. The molecule has 4 atom stereocenters. The molecule has 41 heavy (non-hydrogen) atoms. The number of phenolic OH excluding ortho intramolecular Hbond substituents is 1. The second kappa shape index (κ2) is 9.93. The lowest BCUT2D eigenvalue weighted by molar-refractivity contribution is -0.153. The number of anilines is 2. The summed E-state index contributed by atoms with van der Waals surface area (Å²) in [6, 6.07) is 10.2. The summed E-state index contributed by atoms with van der Waals surface area (Å²) in [6.07, 6.45) is 0.252. The largest absolute Gasteiger partial charge is 0.508 e. The van der Waals surface area contributed by atoms with E-state index in [4.69, 9.17) is 5.73 Å². The van der Waals surface area contributed by atoms with Crippen LogP contribution in [0.25, 0.3) is 5.76 Å². The molecule has 3 aliphatic carbocycles. The van der Waals surface area contributed by atoms with Crippen molar-refractivity contribution < 1.29 is 34.8 Å². The van der Waals surface area contributed by atoms with Gasteiger partial charge in [0.2, 0.25) is 5.78 Å². The van der Waals surface area contributed by atoms with Crippen LogP contribution in [0.5, 0.6) is 5.75 Å². The quantitative estimate of drug-likeness (QED) is 0.224. The number of Topliss-reactive ketones (excluding diaryl/α,β-unsaturated/α-hetero) is 2. The fourth-order valence-electron chi connectivity index (χ4n) is 6.62. The van der Waals surface area contributed by atoms with Gasteiger partial charge in [-0.2, -0.15) is 0 Å². The highest BCUT2D eigenvalue weighted by Crippen LogP contribution is 2.54. The maximum atomic E-state index is 14.1. The van der Waals surface area contributed by atoms with E-state index in [1.165, 1.54) is 4.90 Å². The molecule has 1 saturated carbocycles. The highest BCUT2D eigenvalue weighted by atomic mass is 16.3. The number of aliphatic hydroxyl groups is 3. The van der Waals surface area contributed by atoms with Gasteiger partial charge in [-0.25, -0.2) is 0 Å². The Labute approximate surface area is 237 Å². The van der Waals surface area contributed by atoms with E-state index in [2.05, 4.69) is 5.32 Å². The molecule has 0 spiro atoms. The summed E-state index contributed by atoms with van der Waals surface area (Å²) in [5, 5.41) is 48.9. The standard InChI is InChI=1S/C30H34N4O7/c1-33(2)19-12-18(32-13-14-8-6-5-7-9-14)24(35)21-16(19)10-15-11-17-23(34(3)4)26(37)22(29(31)40)28(39)30(17,41)27(38)20(15)25(21)36/h5-9,12,15,17,23,32,35-36,39,41H,10-11,13H2,1-4H3,(H2,31,40)/t15-,17+,23?,30+/m0/s1. The molecule has 5 rings (SSSR count). The SMILES string of the molecule is CN(C)c1cc(NCc2ccccc2)c(O)c2c1C[C@H]1C[C@@H]3C(N(C)C)C(=O)C(C(N)=O)=C(O)[C@]3(O)C(=O)C1=C2O. The Bertz CT molecular complexity index is 1530. The van der Waals surface area contributed by atoms with Crippen LogP contribution in [0.2, 0.25) is 0 Å². The van der Waals surface area contributed by atoms with E-state index in [0.29, 0.717) is 23.5 Å². The van der Waals surface area contributed by atoms with Gasteiger partial charge in [0.15, 0.2) is 11.4 Å². The van der Waals surface area contributed by atoms with Crippen molar-refractivity contribution >= 4 is 34.6 Å². The molecule has 3 aliphatic rings. The van der Waals surface area contributed by atoms with Crippen molar-refractivity contribution in [1.29, 1.82) is 0 Å². The predicted molar refractivity (Wildman–Crippen MR) is 152 cm³/mol. The fourth-order valence-corrected chi connectivity index (χ4v) is 6.62. The van der Waals surface area contributed by atoms with Crippen LogP contribution in [0, 0.1) is 11.8 Å². The van der Waals surface area contributed by atoms with E-state index in [-0.39, 0.29) is 29.7 Å². The summed E-state index contributed by atoms with van der Waals surface area (Å²) in [5.74, 6) is -6.74. The fraction of sp³-hybridized carbons (Fsp3) is 0.367. The minimum atomic E-state index is -2.67. The summed E-state index contributed by atoms with van der Waals surface area (Å²) in [4.78, 5) is 42.8. The molecule has 2 aromatic rings. The number of aromatic hydroxyl groups is 1. The monoisotopic (exact) mass is 562 g/mol. The maximum absolute atomic E-state index is 14.1. The third-order valence-corrected chi connectivity index (χ3v) is 8.50. The molecule has 216 valence electrons. The number of likely N-dealkylation sites (N-methyl/N-ethyl adjacent to an activating group) is 1. The first-order chi connectivity index (χ1) is 19.3. The molecule has 7 N–H and O–H groups in total. The number of primary amides is 1. The van der Waals surface area contributed by atoms with Crippen LogP contribution in [-0.2, 0) is 27.3 Å². The minimum absolute atomic E-state index is 0.0351. The van der Waals surface area contributed by atoms with Gasteiger partial charge in [-0.3, -0.25) is 19.3 Å². The molecule has 0 aliphatic heterocycles. The molecule has 0 bridgehead atoms. The van der Waals surface area contributed by atoms with Crippen LogP contribution in [-0.4, -0.2) is 82.6 Å². The highest BCUT2D eigenvalue weighted by molar-refractivity contribution is 6.24. The number of amides is 1. The summed E-state index contributed by atoms with van der Waals surface area (Å²) < 4.78 is 0. The van der Waals surface area contributed by atoms with Crippen molar-refractivity contribution in [1.82, 2.24) is 4.90 Å². The zero-order valence-electron chi connectivity index (χ0n) is 23.3. The molecular formula is C30H34N4O7. The molecule has 2 aromatic carbocycles. The van der Waals surface area contributed by atoms with Crippen LogP contribution >= 0.6 is 0 Å². The second-order valence-corrected chi connectivity index (χ2v) is 11.3. The Morgan fingerprint density at radius 1 is 1.10 bits per heavy atom. The molecular weight excluding hydrogens is 528 g/mol. The number of aliphatic hydroxyl groups excluding tert-OH is 2. The van der Waals surface area contributed by atoms with Crippen molar-refractivity contribution in [2.45, 2.75) is 31.0 Å². The van der Waals surface area contributed by atoms with E-state index >= 15 is 0 Å². The molecule has 11 nitrogen and oxygen atoms in total. The van der Waals surface area contributed by atoms with Crippen LogP contribution in [0.3, 0.4) is 0 Å². The van der Waals surface area contributed by atoms with E-state index in [1.807, 2.05) is 49.3 Å². The average Bonchev–Trinajstić information content (AvgIpc) is 2.90. The number of nitrogens with one attached hydrogen (secondary N) is 1. The number of hydrogen-bond acceptors (Lipinski definition) is 10. The summed E-state index contributed by atoms with van der Waals surface area (Å²) in [7, 11) is 6.79. The first-order valence-electron chi connectivity index (χ1n) is 13.3. The van der Waals surface area contributed by atoms with Crippen LogP contribution in [0.15, 0.2) is 53.3 Å². The minimum Gasteiger partial charge on any atom is -0.508 e. The van der Waals surface area contributed by atoms with Crippen molar-refractivity contribution in [3.05, 3.63) is 70.0 Å². The van der Waals surface area contributed by atoms with E-state index in [0.717, 1.165) is 5.56 Å². The van der Waals surface area contributed by atoms with Gasteiger partial charge in [-0.15, -0.1) is 0 Å². The number of carbonyl (C=O) groups is 3. The number of nitrogens with two attached hydrogens (primary N) is 1. The van der Waals surface area contributed by atoms with Gasteiger partial charge in [0.25, 0.3) is 5.91 Å². The van der Waals surface area contributed by atoms with Crippen molar-refractivity contribution in [2.75, 3.05) is 38.4 Å². The number of rotatable bonds is 6. The van der Waals surface area contributed by atoms with Crippen molar-refractivity contribution in [3.63, 3.8) is 0 Å². The van der Waals surface area contributed by atoms with Gasteiger partial charge in [0.1, 0.15) is 22.8 Å². The van der Waals surface area contributed by atoms with Crippen LogP contribution in [0.4, 0.5) is 11.4 Å². The second-order valence-electron chi connectivity index (χ2n) is 11.3. The third kappa shape index (κ3) is 4.15. The lowest BCUT2D eigenvalue weighted by atomic mass is 9.57. The molecule has 0 radical (unpaired) electrons. The Hall–Kier alpha value is -4.35. The third-order valence-electron chi connectivity index (χ3n) is 8.50. The number of fused-ring (bicyclic) bond motifs is 3. The molecule has 1 unspecified atom stereocenters. The number of benzene rings is 2. The van der Waals surface area contributed by atoms with Gasteiger partial charge in [0.05, 0.1) is 17.3 Å². The van der Waals surface area contributed by atoms with Gasteiger partial charge in [-0.1, -0.05) is 30.3 Å². The topological polar surface area (TPSA) is 177 Å². The molecule has 0 heterocycles. The summed E-state index contributed by atoms with van der Waals surface area (Å²) in [6.45, 7) is 0.384. The molecule has 1 fully saturated rings. The molecule has 0 saturated heterocycles. The van der Waals surface area contributed by atoms with E-state index in [9.17, 15) is 34.8 Å². The molecule has 1 amide bonds. The van der Waals surface area contributed by atoms with Gasteiger partial charge in [0, 0.05) is 37.8 Å². The molecule has 0 aromatic heterocycles. The van der Waals surface area contributed by atoms with Crippen LogP contribution in [0.1, 0.15) is 23.1 Å². The van der Waals surface area contributed by atoms with Crippen molar-refractivity contribution in [2.24, 2.45) is 17.6 Å². The lowest BCUT2D eigenvalue weighted by Gasteiger charge is -2.50. The molecule has 11 heteroatoms. The Balaban J connectivity index is 1.68. The zero-order valence-corrected chi connectivity index (χ0v) is 23.3. The number of ketones is 2. The highest BCUT2D eigenvalue weighted by Gasteiger charge is 2.64. The van der Waals surface area contributed by atoms with Crippen LogP contribution < -0.4 is 16.0 Å². The predicted octanol–water partition coefficient (Wildman–Crippen LogP) is 1.64. The number of phenols is 1. The summed E-state index contributed by atoms with van der Waals surface area (Å²) >= 11 is 0. The van der Waals surface area contributed by atoms with Gasteiger partial charge in [-0.05, 0) is 50.0 Å². The van der Waals surface area contributed by atoms with Gasteiger partial charge >= 0.3 is 0 Å². The maximum Gasteiger partial charge on any atom is 0.255 e. The van der Waals surface area contributed by atoms with Gasteiger partial charge < -0.3 is 36.4 Å². The Kier molecular flexibility index (Phi) is 6.83. The normalized spacial score (nSPS) is 25.6. The first-order valence-corrected chi connectivity index (χ1v) is 13.3. The smallest absolute Gasteiger partial charge is 0.255 e. The van der Waals surface area contributed by atoms with E-state index in [1.54, 1.807) is 20.2 Å². The summed E-state index contributed by atoms with van der Waals surface area (Å²) in [5.41, 5.74) is 4.33. The number of nitrogens with zero attached hydrogens (tertiary/aromatic N) is 2. The van der Waals surface area contributed by atoms with E-state index < -0.39 is 58.0 Å². The average molecular weight is 563 g/mol. The zero-order chi connectivity index (χ0) is 30.0. The van der Waals surface area contributed by atoms with Crippen molar-refractivity contribution in [3.8, 4) is 5.75 Å². The number of hydrogen-bond donors (Lipinski definition) is 6. The first kappa shape index (κ1) is 28.2. The lowest BCUT2D eigenvalue weighted by Crippen LogP contribution is -2.65. The Morgan fingerprint density at radius 3 is 2.34 bits per heavy atom.